The second kappa shape index (κ2) is 11.3. The zero-order chi connectivity index (χ0) is 31.2. The van der Waals surface area contributed by atoms with E-state index in [-0.39, 0.29) is 0 Å². The highest BCUT2D eigenvalue weighted by molar-refractivity contribution is 6.21. The lowest BCUT2D eigenvalue weighted by Crippen LogP contribution is -2.10. The Labute approximate surface area is 273 Å². The van der Waals surface area contributed by atoms with Gasteiger partial charge in [0.25, 0.3) is 0 Å². The second-order valence-electron chi connectivity index (χ2n) is 12.0. The van der Waals surface area contributed by atoms with E-state index >= 15 is 0 Å². The molecular formula is C45H30N2. The molecule has 0 aliphatic carbocycles. The molecule has 0 saturated carbocycles. The predicted molar refractivity (Wildman–Crippen MR) is 200 cm³/mol. The van der Waals surface area contributed by atoms with Crippen molar-refractivity contribution in [3.8, 4) is 22.3 Å². The van der Waals surface area contributed by atoms with Gasteiger partial charge < -0.3 is 4.90 Å². The molecule has 9 rings (SSSR count). The van der Waals surface area contributed by atoms with E-state index in [0.717, 1.165) is 28.0 Å². The molecule has 0 aliphatic heterocycles. The van der Waals surface area contributed by atoms with Gasteiger partial charge in [0.1, 0.15) is 0 Å². The minimum Gasteiger partial charge on any atom is -0.310 e. The van der Waals surface area contributed by atoms with Crippen LogP contribution in [0.1, 0.15) is 0 Å². The maximum absolute atomic E-state index is 4.67. The Morgan fingerprint density at radius 1 is 0.362 bits per heavy atom. The normalized spacial score (nSPS) is 11.4. The average Bonchev–Trinajstić information content (AvgIpc) is 3.14. The zero-order valence-electron chi connectivity index (χ0n) is 25.7. The fourth-order valence-corrected chi connectivity index (χ4v) is 7.16. The van der Waals surface area contributed by atoms with E-state index in [0.29, 0.717) is 0 Å². The Balaban J connectivity index is 1.24. The molecule has 0 spiro atoms. The number of nitrogens with zero attached hydrogens (tertiary/aromatic N) is 2. The van der Waals surface area contributed by atoms with Crippen LogP contribution < -0.4 is 4.90 Å². The number of anilines is 3. The Morgan fingerprint density at radius 2 is 0.894 bits per heavy atom. The van der Waals surface area contributed by atoms with Gasteiger partial charge in [-0.3, -0.25) is 4.98 Å². The molecule has 0 N–H and O–H groups in total. The van der Waals surface area contributed by atoms with Crippen LogP contribution in [-0.2, 0) is 0 Å². The highest BCUT2D eigenvalue weighted by Gasteiger charge is 2.19. The van der Waals surface area contributed by atoms with Gasteiger partial charge in [0.2, 0.25) is 0 Å². The van der Waals surface area contributed by atoms with Crippen molar-refractivity contribution in [3.05, 3.63) is 182 Å². The quantitative estimate of drug-likeness (QED) is 0.183. The molecule has 0 bridgehead atoms. The fourth-order valence-electron chi connectivity index (χ4n) is 7.16. The minimum absolute atomic E-state index is 1.01. The zero-order valence-corrected chi connectivity index (χ0v) is 25.7. The number of pyridine rings is 1. The first kappa shape index (κ1) is 27.1. The van der Waals surface area contributed by atoms with Crippen LogP contribution in [0.4, 0.5) is 17.1 Å². The van der Waals surface area contributed by atoms with Crippen molar-refractivity contribution in [1.82, 2.24) is 4.98 Å². The summed E-state index contributed by atoms with van der Waals surface area (Å²) in [6, 6.07) is 63.3. The van der Waals surface area contributed by atoms with Gasteiger partial charge in [0.05, 0.1) is 11.2 Å². The van der Waals surface area contributed by atoms with Crippen LogP contribution in [0, 0.1) is 0 Å². The van der Waals surface area contributed by atoms with E-state index < -0.39 is 0 Å². The summed E-state index contributed by atoms with van der Waals surface area (Å²) in [6.07, 6.45) is 1.87. The summed E-state index contributed by atoms with van der Waals surface area (Å²) < 4.78 is 0. The van der Waals surface area contributed by atoms with Crippen molar-refractivity contribution in [2.75, 3.05) is 4.90 Å². The van der Waals surface area contributed by atoms with Gasteiger partial charge in [-0.05, 0) is 91.6 Å². The Hall–Kier alpha value is -6.25. The van der Waals surface area contributed by atoms with E-state index in [1.165, 1.54) is 54.6 Å². The van der Waals surface area contributed by atoms with Gasteiger partial charge in [-0.25, -0.2) is 0 Å². The van der Waals surface area contributed by atoms with E-state index in [1.54, 1.807) is 0 Å². The lowest BCUT2D eigenvalue weighted by Gasteiger charge is -2.27. The number of hydrogen-bond donors (Lipinski definition) is 0. The average molecular weight is 599 g/mol. The molecule has 1 heterocycles. The highest BCUT2D eigenvalue weighted by Crippen LogP contribution is 2.45. The lowest BCUT2D eigenvalue weighted by molar-refractivity contribution is 1.30. The summed E-state index contributed by atoms with van der Waals surface area (Å²) >= 11 is 0. The van der Waals surface area contributed by atoms with Gasteiger partial charge in [-0.2, -0.15) is 0 Å². The minimum atomic E-state index is 1.01. The van der Waals surface area contributed by atoms with Crippen molar-refractivity contribution < 1.29 is 0 Å². The Bertz CT molecular complexity index is 2510. The molecule has 47 heavy (non-hydrogen) atoms. The van der Waals surface area contributed by atoms with E-state index in [2.05, 4.69) is 180 Å². The summed E-state index contributed by atoms with van der Waals surface area (Å²) in [6.45, 7) is 0. The molecule has 0 unspecified atom stereocenters. The second-order valence-corrected chi connectivity index (χ2v) is 12.0. The van der Waals surface area contributed by atoms with Gasteiger partial charge >= 0.3 is 0 Å². The first-order chi connectivity index (χ1) is 23.3. The van der Waals surface area contributed by atoms with Crippen LogP contribution >= 0.6 is 0 Å². The largest absolute Gasteiger partial charge is 0.310 e. The first-order valence-corrected chi connectivity index (χ1v) is 16.1. The van der Waals surface area contributed by atoms with E-state index in [4.69, 9.17) is 0 Å². The monoisotopic (exact) mass is 598 g/mol. The van der Waals surface area contributed by atoms with Crippen molar-refractivity contribution in [2.45, 2.75) is 0 Å². The van der Waals surface area contributed by atoms with Crippen molar-refractivity contribution in [1.29, 1.82) is 0 Å². The molecule has 0 aliphatic rings. The van der Waals surface area contributed by atoms with Crippen LogP contribution in [0.3, 0.4) is 0 Å². The van der Waals surface area contributed by atoms with E-state index in [1.807, 2.05) is 12.3 Å². The first-order valence-electron chi connectivity index (χ1n) is 16.1. The molecule has 0 fully saturated rings. The SMILES string of the molecule is c1ccc(N(c2ccc(-c3c4ccccc4c(-c4ccc5cccnc5c4)c4ccccc34)cc2)c2cccc3ccccc23)cc1. The number of rotatable bonds is 5. The molecule has 220 valence electrons. The number of benzene rings is 8. The molecule has 2 nitrogen and oxygen atoms in total. The smallest absolute Gasteiger partial charge is 0.0708 e. The Morgan fingerprint density at radius 3 is 1.60 bits per heavy atom. The van der Waals surface area contributed by atoms with Crippen molar-refractivity contribution in [2.24, 2.45) is 0 Å². The molecule has 8 aromatic carbocycles. The fraction of sp³-hybridized carbons (Fsp3) is 0. The molecule has 1 aromatic heterocycles. The summed E-state index contributed by atoms with van der Waals surface area (Å²) in [7, 11) is 0. The molecular weight excluding hydrogens is 569 g/mol. The lowest BCUT2D eigenvalue weighted by atomic mass is 9.86. The number of fused-ring (bicyclic) bond motifs is 4. The maximum atomic E-state index is 4.67. The number of para-hydroxylation sites is 1. The van der Waals surface area contributed by atoms with Gasteiger partial charge in [0.15, 0.2) is 0 Å². The summed E-state index contributed by atoms with van der Waals surface area (Å²) in [5.74, 6) is 0. The highest BCUT2D eigenvalue weighted by atomic mass is 15.1. The topological polar surface area (TPSA) is 16.1 Å². The van der Waals surface area contributed by atoms with Crippen LogP contribution in [0.15, 0.2) is 182 Å². The molecule has 0 saturated heterocycles. The van der Waals surface area contributed by atoms with Crippen LogP contribution in [-0.4, -0.2) is 4.98 Å². The predicted octanol–water partition coefficient (Wildman–Crippen LogP) is 12.5. The molecule has 2 heteroatoms. The van der Waals surface area contributed by atoms with Gasteiger partial charge in [-0.1, -0.05) is 133 Å². The van der Waals surface area contributed by atoms with Crippen LogP contribution in [0.25, 0.3) is 65.5 Å². The number of hydrogen-bond acceptors (Lipinski definition) is 2. The number of aromatic nitrogens is 1. The summed E-state index contributed by atoms with van der Waals surface area (Å²) in [5.41, 5.74) is 9.28. The summed E-state index contributed by atoms with van der Waals surface area (Å²) in [4.78, 5) is 7.03. The third-order valence-corrected chi connectivity index (χ3v) is 9.26. The van der Waals surface area contributed by atoms with Crippen LogP contribution in [0.5, 0.6) is 0 Å². The van der Waals surface area contributed by atoms with Crippen molar-refractivity contribution >= 4 is 60.3 Å². The van der Waals surface area contributed by atoms with E-state index in [9.17, 15) is 0 Å². The standard InChI is InChI=1S/C45H30N2/c1-2-15-35(16-3-1)47(43-22-10-13-31-12-4-5-17-37(31)43)36-27-25-33(26-28-36)44-38-18-6-8-20-40(38)45(41-21-9-7-19-39(41)44)34-24-23-32-14-11-29-46-42(32)30-34/h1-30H. The van der Waals surface area contributed by atoms with Gasteiger partial charge in [0, 0.05) is 28.3 Å². The third kappa shape index (κ3) is 4.62. The maximum Gasteiger partial charge on any atom is 0.0708 e. The third-order valence-electron chi connectivity index (χ3n) is 9.26. The molecule has 0 amide bonds. The molecule has 0 radical (unpaired) electrons. The Kier molecular flexibility index (Phi) is 6.50. The van der Waals surface area contributed by atoms with Crippen molar-refractivity contribution in [3.63, 3.8) is 0 Å². The summed E-state index contributed by atoms with van der Waals surface area (Å²) in [5, 5.41) is 8.55. The molecule has 0 atom stereocenters. The van der Waals surface area contributed by atoms with Gasteiger partial charge in [-0.15, -0.1) is 0 Å². The van der Waals surface area contributed by atoms with Crippen LogP contribution in [0.2, 0.25) is 0 Å². The molecule has 9 aromatic rings.